The highest BCUT2D eigenvalue weighted by molar-refractivity contribution is 5.87. The first-order valence-corrected chi connectivity index (χ1v) is 6.29. The van der Waals surface area contributed by atoms with Crippen molar-refractivity contribution in [3.8, 4) is 11.5 Å². The quantitative estimate of drug-likeness (QED) is 0.563. The molecule has 94 valence electrons. The van der Waals surface area contributed by atoms with E-state index in [9.17, 15) is 9.59 Å². The summed E-state index contributed by atoms with van der Waals surface area (Å²) in [7, 11) is 0. The van der Waals surface area contributed by atoms with E-state index in [0.717, 1.165) is 24.0 Å². The Morgan fingerprint density at radius 1 is 1.17 bits per heavy atom. The van der Waals surface area contributed by atoms with Gasteiger partial charge in [-0.1, -0.05) is 6.92 Å². The molecule has 2 aliphatic rings. The second-order valence-electron chi connectivity index (χ2n) is 4.66. The fourth-order valence-electron chi connectivity index (χ4n) is 2.70. The summed E-state index contributed by atoms with van der Waals surface area (Å²) in [6, 6.07) is 3.45. The molecule has 2 heterocycles. The van der Waals surface area contributed by atoms with Crippen molar-refractivity contribution in [1.82, 2.24) is 0 Å². The van der Waals surface area contributed by atoms with Crippen molar-refractivity contribution in [2.24, 2.45) is 0 Å². The minimum atomic E-state index is -0.216. The first-order valence-electron chi connectivity index (χ1n) is 6.29. The molecule has 0 spiro atoms. The molecule has 1 atom stereocenters. The van der Waals surface area contributed by atoms with Crippen LogP contribution in [0, 0.1) is 0 Å². The summed E-state index contributed by atoms with van der Waals surface area (Å²) in [5.74, 6) is 0.603. The van der Waals surface area contributed by atoms with Crippen LogP contribution in [-0.2, 0) is 16.0 Å². The second kappa shape index (κ2) is 4.12. The Hall–Kier alpha value is -1.84. The molecule has 0 saturated heterocycles. The molecule has 18 heavy (non-hydrogen) atoms. The van der Waals surface area contributed by atoms with Gasteiger partial charge in [-0.15, -0.1) is 0 Å². The molecular weight excluding hydrogens is 232 g/mol. The number of hydrogen-bond donors (Lipinski definition) is 0. The Labute approximate surface area is 105 Å². The molecule has 0 N–H and O–H groups in total. The molecule has 0 fully saturated rings. The number of esters is 2. The van der Waals surface area contributed by atoms with Crippen molar-refractivity contribution < 1.29 is 19.1 Å². The summed E-state index contributed by atoms with van der Waals surface area (Å²) in [6.07, 6.45) is 2.65. The van der Waals surface area contributed by atoms with E-state index >= 15 is 0 Å². The Kier molecular flexibility index (Phi) is 2.58. The van der Waals surface area contributed by atoms with Gasteiger partial charge in [-0.05, 0) is 31.4 Å². The molecule has 0 aliphatic carbocycles. The van der Waals surface area contributed by atoms with Crippen LogP contribution < -0.4 is 9.47 Å². The van der Waals surface area contributed by atoms with E-state index < -0.39 is 0 Å². The number of ether oxygens (including phenoxy) is 2. The number of rotatable bonds is 1. The molecule has 1 aromatic rings. The molecular formula is C14H14O4. The zero-order valence-corrected chi connectivity index (χ0v) is 10.2. The number of benzene rings is 1. The molecule has 2 aliphatic heterocycles. The van der Waals surface area contributed by atoms with Crippen LogP contribution in [0.4, 0.5) is 0 Å². The van der Waals surface area contributed by atoms with Crippen molar-refractivity contribution in [2.45, 2.75) is 38.5 Å². The zero-order chi connectivity index (χ0) is 12.7. The minimum Gasteiger partial charge on any atom is -0.426 e. The normalized spacial score (nSPS) is 21.7. The van der Waals surface area contributed by atoms with Crippen LogP contribution in [-0.4, -0.2) is 11.9 Å². The van der Waals surface area contributed by atoms with Crippen LogP contribution in [0.5, 0.6) is 11.5 Å². The summed E-state index contributed by atoms with van der Waals surface area (Å²) in [5.41, 5.74) is 1.89. The third kappa shape index (κ3) is 1.60. The lowest BCUT2D eigenvalue weighted by Crippen LogP contribution is -2.10. The first kappa shape index (κ1) is 11.3. The van der Waals surface area contributed by atoms with Crippen molar-refractivity contribution in [3.63, 3.8) is 0 Å². The summed E-state index contributed by atoms with van der Waals surface area (Å²) in [4.78, 5) is 23.2. The minimum absolute atomic E-state index is 0.198. The summed E-state index contributed by atoms with van der Waals surface area (Å²) < 4.78 is 10.6. The first-order chi connectivity index (χ1) is 8.70. The van der Waals surface area contributed by atoms with Gasteiger partial charge in [-0.25, -0.2) is 0 Å². The lowest BCUT2D eigenvalue weighted by molar-refractivity contribution is -0.135. The highest BCUT2D eigenvalue weighted by Crippen LogP contribution is 2.44. The van der Waals surface area contributed by atoms with Gasteiger partial charge in [-0.3, -0.25) is 9.59 Å². The Balaban J connectivity index is 2.14. The Morgan fingerprint density at radius 2 is 1.94 bits per heavy atom. The fraction of sp³-hybridized carbons (Fsp3) is 0.429. The largest absolute Gasteiger partial charge is 0.426 e. The van der Waals surface area contributed by atoms with E-state index in [-0.39, 0.29) is 17.9 Å². The van der Waals surface area contributed by atoms with E-state index in [1.165, 1.54) is 0 Å². The molecule has 3 rings (SSSR count). The van der Waals surface area contributed by atoms with E-state index in [2.05, 4.69) is 0 Å². The van der Waals surface area contributed by atoms with Crippen LogP contribution >= 0.6 is 0 Å². The van der Waals surface area contributed by atoms with Gasteiger partial charge in [0.1, 0.15) is 11.5 Å². The highest BCUT2D eigenvalue weighted by Gasteiger charge is 2.36. The molecule has 4 nitrogen and oxygen atoms in total. The Morgan fingerprint density at radius 3 is 2.72 bits per heavy atom. The Bertz CT molecular complexity index is 533. The molecule has 0 bridgehead atoms. The van der Waals surface area contributed by atoms with Crippen molar-refractivity contribution >= 4 is 11.9 Å². The van der Waals surface area contributed by atoms with Gasteiger partial charge in [-0.2, -0.15) is 0 Å². The van der Waals surface area contributed by atoms with Gasteiger partial charge < -0.3 is 9.47 Å². The maximum absolute atomic E-state index is 11.8. The molecule has 0 amide bonds. The van der Waals surface area contributed by atoms with E-state index in [0.29, 0.717) is 24.3 Å². The van der Waals surface area contributed by atoms with E-state index in [1.54, 1.807) is 12.1 Å². The summed E-state index contributed by atoms with van der Waals surface area (Å²) in [5, 5.41) is 0. The molecule has 4 heteroatoms. The molecule has 0 aromatic heterocycles. The van der Waals surface area contributed by atoms with Crippen molar-refractivity contribution in [2.75, 3.05) is 0 Å². The zero-order valence-electron chi connectivity index (χ0n) is 10.2. The van der Waals surface area contributed by atoms with Crippen molar-refractivity contribution in [3.05, 3.63) is 23.3 Å². The molecule has 1 unspecified atom stereocenters. The van der Waals surface area contributed by atoms with Crippen LogP contribution in [0.3, 0.4) is 0 Å². The lowest BCUT2D eigenvalue weighted by atomic mass is 9.90. The van der Waals surface area contributed by atoms with Gasteiger partial charge in [0.15, 0.2) is 0 Å². The van der Waals surface area contributed by atoms with E-state index in [1.807, 2.05) is 6.92 Å². The van der Waals surface area contributed by atoms with Gasteiger partial charge in [0.25, 0.3) is 0 Å². The SMILES string of the molecule is CCC1C(=O)Oc2ccc3c(c21)CCCC(=O)O3. The maximum atomic E-state index is 11.8. The van der Waals surface area contributed by atoms with Crippen LogP contribution in [0.25, 0.3) is 0 Å². The number of carbonyl (C=O) groups is 2. The standard InChI is InChI=1S/C14H14O4/c1-2-8-13-9-4-3-5-12(15)17-10(9)6-7-11(13)18-14(8)16/h6-8H,2-5H2,1H3. The summed E-state index contributed by atoms with van der Waals surface area (Å²) in [6.45, 7) is 1.96. The number of hydrogen-bond acceptors (Lipinski definition) is 4. The van der Waals surface area contributed by atoms with Gasteiger partial charge in [0.05, 0.1) is 5.92 Å². The maximum Gasteiger partial charge on any atom is 0.318 e. The second-order valence-corrected chi connectivity index (χ2v) is 4.66. The fourth-order valence-corrected chi connectivity index (χ4v) is 2.70. The molecule has 0 radical (unpaired) electrons. The average molecular weight is 246 g/mol. The molecule has 1 aromatic carbocycles. The third-order valence-corrected chi connectivity index (χ3v) is 3.56. The number of fused-ring (bicyclic) bond motifs is 3. The van der Waals surface area contributed by atoms with Crippen LogP contribution in [0.15, 0.2) is 12.1 Å². The summed E-state index contributed by atoms with van der Waals surface area (Å²) >= 11 is 0. The molecule has 0 saturated carbocycles. The monoisotopic (exact) mass is 246 g/mol. The van der Waals surface area contributed by atoms with E-state index in [4.69, 9.17) is 9.47 Å². The van der Waals surface area contributed by atoms with Crippen molar-refractivity contribution in [1.29, 1.82) is 0 Å². The smallest absolute Gasteiger partial charge is 0.318 e. The van der Waals surface area contributed by atoms with Gasteiger partial charge in [0, 0.05) is 17.5 Å². The predicted octanol–water partition coefficient (Wildman–Crippen LogP) is 2.34. The van der Waals surface area contributed by atoms with Crippen LogP contribution in [0.2, 0.25) is 0 Å². The third-order valence-electron chi connectivity index (χ3n) is 3.56. The highest BCUT2D eigenvalue weighted by atomic mass is 16.5. The van der Waals surface area contributed by atoms with Gasteiger partial charge in [0.2, 0.25) is 0 Å². The van der Waals surface area contributed by atoms with Crippen LogP contribution in [0.1, 0.15) is 43.2 Å². The number of carbonyl (C=O) groups excluding carboxylic acids is 2. The topological polar surface area (TPSA) is 52.6 Å². The average Bonchev–Trinajstić information content (AvgIpc) is 2.54. The lowest BCUT2D eigenvalue weighted by Gasteiger charge is -2.12. The van der Waals surface area contributed by atoms with Gasteiger partial charge >= 0.3 is 11.9 Å². The predicted molar refractivity (Wildman–Crippen MR) is 63.7 cm³/mol.